The first-order valence-corrected chi connectivity index (χ1v) is 10.3. The number of fused-ring (bicyclic) bond motifs is 1. The van der Waals surface area contributed by atoms with Gasteiger partial charge in [-0.15, -0.1) is 0 Å². The third kappa shape index (κ3) is 3.39. The molecule has 1 N–H and O–H groups in total. The predicted molar refractivity (Wildman–Crippen MR) is 117 cm³/mol. The van der Waals surface area contributed by atoms with Crippen LogP contribution in [0.25, 0.3) is 16.7 Å². The van der Waals surface area contributed by atoms with Crippen LogP contribution in [0.3, 0.4) is 0 Å². The average Bonchev–Trinajstić information content (AvgIpc) is 3.40. The lowest BCUT2D eigenvalue weighted by Crippen LogP contribution is -2.40. The highest BCUT2D eigenvalue weighted by atomic mass is 16.5. The zero-order chi connectivity index (χ0) is 21.4. The third-order valence-corrected chi connectivity index (χ3v) is 5.86. The van der Waals surface area contributed by atoms with Crippen LogP contribution < -0.4 is 10.4 Å². The molecule has 0 unspecified atom stereocenters. The first-order valence-electron chi connectivity index (χ1n) is 10.3. The summed E-state index contributed by atoms with van der Waals surface area (Å²) in [6.45, 7) is 1.10. The van der Waals surface area contributed by atoms with Gasteiger partial charge in [-0.3, -0.25) is 9.36 Å². The van der Waals surface area contributed by atoms with Crippen molar-refractivity contribution in [3.63, 3.8) is 0 Å². The number of piperidine rings is 1. The molecule has 1 amide bonds. The number of para-hydroxylation sites is 3. The molecular formula is C23H23N5O3. The van der Waals surface area contributed by atoms with E-state index >= 15 is 0 Å². The van der Waals surface area contributed by atoms with Crippen molar-refractivity contribution in [2.24, 2.45) is 0 Å². The number of methoxy groups -OCH3 is 1. The lowest BCUT2D eigenvalue weighted by molar-refractivity contribution is 0.0685. The lowest BCUT2D eigenvalue weighted by Gasteiger charge is -2.32. The number of benzene rings is 2. The fourth-order valence-electron chi connectivity index (χ4n) is 4.28. The van der Waals surface area contributed by atoms with Crippen LogP contribution >= 0.6 is 0 Å². The molecule has 8 heteroatoms. The van der Waals surface area contributed by atoms with Gasteiger partial charge in [0.15, 0.2) is 11.4 Å². The fraction of sp³-hybridized carbons (Fsp3) is 0.261. The molecule has 8 nitrogen and oxygen atoms in total. The van der Waals surface area contributed by atoms with Gasteiger partial charge in [-0.1, -0.05) is 30.3 Å². The van der Waals surface area contributed by atoms with E-state index < -0.39 is 0 Å². The maximum Gasteiger partial charge on any atom is 0.326 e. The molecule has 0 saturated carbocycles. The summed E-state index contributed by atoms with van der Waals surface area (Å²) >= 11 is 0. The zero-order valence-electron chi connectivity index (χ0n) is 17.2. The Balaban J connectivity index is 1.35. The van der Waals surface area contributed by atoms with Crippen LogP contribution in [-0.2, 0) is 0 Å². The maximum absolute atomic E-state index is 13.2. The molecule has 1 fully saturated rings. The lowest BCUT2D eigenvalue weighted by atomic mass is 10.0. The highest BCUT2D eigenvalue weighted by Gasteiger charge is 2.29. The van der Waals surface area contributed by atoms with Crippen LogP contribution in [0.5, 0.6) is 5.75 Å². The molecule has 4 aromatic rings. The van der Waals surface area contributed by atoms with Crippen molar-refractivity contribution >= 4 is 16.9 Å². The molecule has 158 valence electrons. The van der Waals surface area contributed by atoms with E-state index in [1.165, 1.54) is 0 Å². The summed E-state index contributed by atoms with van der Waals surface area (Å²) in [5, 5.41) is 4.49. The minimum Gasteiger partial charge on any atom is -0.493 e. The van der Waals surface area contributed by atoms with Crippen LogP contribution in [0.15, 0.2) is 65.6 Å². The monoisotopic (exact) mass is 417 g/mol. The van der Waals surface area contributed by atoms with Crippen molar-refractivity contribution in [3.05, 3.63) is 77.0 Å². The number of H-pyrrole nitrogens is 1. The Morgan fingerprint density at radius 1 is 1.06 bits per heavy atom. The number of imidazole rings is 1. The van der Waals surface area contributed by atoms with Crippen molar-refractivity contribution in [1.29, 1.82) is 0 Å². The van der Waals surface area contributed by atoms with E-state index in [2.05, 4.69) is 10.1 Å². The van der Waals surface area contributed by atoms with Gasteiger partial charge in [-0.2, -0.15) is 5.10 Å². The molecule has 0 aliphatic carbocycles. The Bertz CT molecular complexity index is 1280. The number of aromatic amines is 1. The van der Waals surface area contributed by atoms with Gasteiger partial charge in [0.2, 0.25) is 0 Å². The van der Waals surface area contributed by atoms with Gasteiger partial charge in [0, 0.05) is 19.1 Å². The van der Waals surface area contributed by atoms with Crippen LogP contribution in [0, 0.1) is 0 Å². The largest absolute Gasteiger partial charge is 0.493 e. The van der Waals surface area contributed by atoms with E-state index in [4.69, 9.17) is 4.74 Å². The summed E-state index contributed by atoms with van der Waals surface area (Å²) in [6, 6.07) is 17.4. The summed E-state index contributed by atoms with van der Waals surface area (Å²) in [4.78, 5) is 30.4. The van der Waals surface area contributed by atoms with Gasteiger partial charge in [0.25, 0.3) is 5.91 Å². The molecule has 1 aliphatic rings. The molecule has 0 spiro atoms. The zero-order valence-corrected chi connectivity index (χ0v) is 17.2. The van der Waals surface area contributed by atoms with Crippen molar-refractivity contribution in [2.75, 3.05) is 20.2 Å². The minimum absolute atomic E-state index is 0.0523. The number of nitrogens with zero attached hydrogens (tertiary/aromatic N) is 4. The van der Waals surface area contributed by atoms with Crippen LogP contribution in [0.1, 0.15) is 29.4 Å². The number of ether oxygens (including phenoxy) is 1. The SMILES string of the molecule is COc1cn(-c2ccccc2)nc1C(=O)N1CCC(n2c(=O)[nH]c3ccccc32)CC1. The van der Waals surface area contributed by atoms with Gasteiger partial charge >= 0.3 is 5.69 Å². The molecule has 5 rings (SSSR count). The molecule has 1 aliphatic heterocycles. The fourth-order valence-corrected chi connectivity index (χ4v) is 4.28. The van der Waals surface area contributed by atoms with Crippen molar-refractivity contribution in [2.45, 2.75) is 18.9 Å². The Kier molecular flexibility index (Phi) is 4.82. The standard InChI is InChI=1S/C23H23N5O3/c1-31-20-15-27(16-7-3-2-4-8-16)25-21(20)22(29)26-13-11-17(12-14-26)28-19-10-6-5-9-18(19)24-23(28)30/h2-10,15,17H,11-14H2,1H3,(H,24,30). The number of carbonyl (C=O) groups excluding carboxylic acids is 1. The Morgan fingerprint density at radius 3 is 2.52 bits per heavy atom. The summed E-state index contributed by atoms with van der Waals surface area (Å²) in [5.74, 6) is 0.292. The van der Waals surface area contributed by atoms with E-state index in [1.807, 2.05) is 59.2 Å². The molecule has 0 bridgehead atoms. The molecule has 3 heterocycles. The van der Waals surface area contributed by atoms with Gasteiger partial charge in [0.1, 0.15) is 0 Å². The second-order valence-corrected chi connectivity index (χ2v) is 7.67. The quantitative estimate of drug-likeness (QED) is 0.553. The van der Waals surface area contributed by atoms with Crippen molar-refractivity contribution in [3.8, 4) is 11.4 Å². The van der Waals surface area contributed by atoms with E-state index in [1.54, 1.807) is 22.9 Å². The normalized spacial score (nSPS) is 14.8. The molecule has 31 heavy (non-hydrogen) atoms. The molecule has 2 aromatic carbocycles. The molecule has 0 atom stereocenters. The number of hydrogen-bond acceptors (Lipinski definition) is 4. The Morgan fingerprint density at radius 2 is 1.77 bits per heavy atom. The summed E-state index contributed by atoms with van der Waals surface area (Å²) in [5.41, 5.74) is 2.79. The Hall–Kier alpha value is -3.81. The van der Waals surface area contributed by atoms with Gasteiger partial charge in [-0.25, -0.2) is 9.48 Å². The van der Waals surface area contributed by atoms with E-state index in [9.17, 15) is 9.59 Å². The predicted octanol–water partition coefficient (Wildman–Crippen LogP) is 3.00. The third-order valence-electron chi connectivity index (χ3n) is 5.86. The van der Waals surface area contributed by atoms with Crippen LogP contribution in [-0.4, -0.2) is 50.3 Å². The topological polar surface area (TPSA) is 85.2 Å². The molecular weight excluding hydrogens is 394 g/mol. The number of hydrogen-bond donors (Lipinski definition) is 1. The second-order valence-electron chi connectivity index (χ2n) is 7.67. The smallest absolute Gasteiger partial charge is 0.326 e. The van der Waals surface area contributed by atoms with Gasteiger partial charge in [0.05, 0.1) is 30.0 Å². The van der Waals surface area contributed by atoms with E-state index in [0.29, 0.717) is 37.4 Å². The highest BCUT2D eigenvalue weighted by Crippen LogP contribution is 2.27. The summed E-state index contributed by atoms with van der Waals surface area (Å²) in [6.07, 6.45) is 3.13. The number of carbonyl (C=O) groups is 1. The molecule has 0 radical (unpaired) electrons. The minimum atomic E-state index is -0.156. The number of aromatic nitrogens is 4. The average molecular weight is 417 g/mol. The highest BCUT2D eigenvalue weighted by molar-refractivity contribution is 5.95. The molecule has 1 saturated heterocycles. The number of rotatable bonds is 4. The number of amides is 1. The first-order chi connectivity index (χ1) is 15.2. The Labute approximate surface area is 178 Å². The number of likely N-dealkylation sites (tertiary alicyclic amines) is 1. The van der Waals surface area contributed by atoms with Crippen LogP contribution in [0.4, 0.5) is 0 Å². The molecule has 2 aromatic heterocycles. The van der Waals surface area contributed by atoms with Gasteiger partial charge in [-0.05, 0) is 37.1 Å². The summed E-state index contributed by atoms with van der Waals surface area (Å²) in [7, 11) is 1.54. The summed E-state index contributed by atoms with van der Waals surface area (Å²) < 4.78 is 8.90. The van der Waals surface area contributed by atoms with Crippen LogP contribution in [0.2, 0.25) is 0 Å². The van der Waals surface area contributed by atoms with Gasteiger partial charge < -0.3 is 14.6 Å². The van der Waals surface area contributed by atoms with E-state index in [0.717, 1.165) is 16.7 Å². The first kappa shape index (κ1) is 19.2. The van der Waals surface area contributed by atoms with E-state index in [-0.39, 0.29) is 17.6 Å². The van der Waals surface area contributed by atoms with Crippen molar-refractivity contribution < 1.29 is 9.53 Å². The van der Waals surface area contributed by atoms with Crippen molar-refractivity contribution in [1.82, 2.24) is 24.2 Å². The maximum atomic E-state index is 13.2. The number of nitrogens with one attached hydrogen (secondary N) is 1. The second kappa shape index (κ2) is 7.79.